The van der Waals surface area contributed by atoms with Gasteiger partial charge in [-0.25, -0.2) is 9.78 Å². The number of benzene rings is 1. The molecule has 2 aromatic rings. The molecule has 5 nitrogen and oxygen atoms in total. The molecule has 0 bridgehead atoms. The highest BCUT2D eigenvalue weighted by molar-refractivity contribution is 7.22. The quantitative estimate of drug-likeness (QED) is 0.651. The van der Waals surface area contributed by atoms with Gasteiger partial charge in [-0.2, -0.15) is 0 Å². The highest BCUT2D eigenvalue weighted by atomic mass is 32.1. The van der Waals surface area contributed by atoms with Crippen molar-refractivity contribution in [2.45, 2.75) is 6.92 Å². The third kappa shape index (κ3) is 3.42. The molecule has 0 spiro atoms. The zero-order chi connectivity index (χ0) is 13.7. The van der Waals surface area contributed by atoms with E-state index in [0.717, 1.165) is 21.9 Å². The fraction of sp³-hybridized carbons (Fsp3) is 0.385. The van der Waals surface area contributed by atoms with Crippen LogP contribution in [0.5, 0.6) is 0 Å². The molecule has 6 heteroatoms. The van der Waals surface area contributed by atoms with Crippen molar-refractivity contribution in [1.29, 1.82) is 0 Å². The number of rotatable bonds is 6. The Morgan fingerprint density at radius 1 is 1.42 bits per heavy atom. The van der Waals surface area contributed by atoms with E-state index < -0.39 is 0 Å². The molecule has 0 aliphatic heterocycles. The molecule has 1 aromatic carbocycles. The van der Waals surface area contributed by atoms with E-state index in [4.69, 9.17) is 9.47 Å². The molecule has 102 valence electrons. The van der Waals surface area contributed by atoms with Crippen molar-refractivity contribution in [2.24, 2.45) is 0 Å². The van der Waals surface area contributed by atoms with Gasteiger partial charge in [0.1, 0.15) is 6.61 Å². The van der Waals surface area contributed by atoms with E-state index in [1.54, 1.807) is 13.2 Å². The van der Waals surface area contributed by atoms with Crippen molar-refractivity contribution in [3.05, 3.63) is 23.8 Å². The van der Waals surface area contributed by atoms with Gasteiger partial charge in [-0.15, -0.1) is 0 Å². The van der Waals surface area contributed by atoms with E-state index in [1.165, 1.54) is 11.3 Å². The van der Waals surface area contributed by atoms with Crippen LogP contribution in [0.4, 0.5) is 5.13 Å². The van der Waals surface area contributed by atoms with Gasteiger partial charge in [0.2, 0.25) is 0 Å². The molecular weight excluding hydrogens is 264 g/mol. The summed E-state index contributed by atoms with van der Waals surface area (Å²) in [6.45, 7) is 3.51. The Labute approximate surface area is 115 Å². The first-order valence-corrected chi connectivity index (χ1v) is 6.86. The number of ether oxygens (including phenoxy) is 2. The van der Waals surface area contributed by atoms with Crippen LogP contribution < -0.4 is 5.32 Å². The van der Waals surface area contributed by atoms with Crippen molar-refractivity contribution < 1.29 is 14.3 Å². The molecule has 0 saturated heterocycles. The summed E-state index contributed by atoms with van der Waals surface area (Å²) in [7, 11) is 1.57. The first-order chi connectivity index (χ1) is 9.24. The molecule has 0 radical (unpaired) electrons. The number of thiazole rings is 1. The van der Waals surface area contributed by atoms with Gasteiger partial charge in [0.05, 0.1) is 22.4 Å². The second-order valence-electron chi connectivity index (χ2n) is 3.86. The van der Waals surface area contributed by atoms with Crippen LogP contribution in [0.25, 0.3) is 10.2 Å². The van der Waals surface area contributed by atoms with Gasteiger partial charge in [0, 0.05) is 13.7 Å². The lowest BCUT2D eigenvalue weighted by Crippen LogP contribution is -2.09. The number of fused-ring (bicyclic) bond motifs is 1. The second-order valence-corrected chi connectivity index (χ2v) is 4.89. The van der Waals surface area contributed by atoms with Crippen LogP contribution in [0.1, 0.15) is 17.3 Å². The summed E-state index contributed by atoms with van der Waals surface area (Å²) in [5.41, 5.74) is 1.42. The third-order valence-electron chi connectivity index (χ3n) is 2.47. The number of esters is 1. The first-order valence-electron chi connectivity index (χ1n) is 6.05. The van der Waals surface area contributed by atoms with Crippen LogP contribution in [0.2, 0.25) is 0 Å². The summed E-state index contributed by atoms with van der Waals surface area (Å²) in [4.78, 5) is 16.2. The molecule has 0 saturated carbocycles. The number of nitrogens with zero attached hydrogens (tertiary/aromatic N) is 1. The molecule has 1 heterocycles. The van der Waals surface area contributed by atoms with Crippen LogP contribution >= 0.6 is 11.3 Å². The van der Waals surface area contributed by atoms with Crippen LogP contribution in [0, 0.1) is 0 Å². The smallest absolute Gasteiger partial charge is 0.338 e. The molecule has 0 aliphatic carbocycles. The number of methoxy groups -OCH3 is 1. The maximum Gasteiger partial charge on any atom is 0.338 e. The minimum Gasteiger partial charge on any atom is -0.460 e. The van der Waals surface area contributed by atoms with Crippen molar-refractivity contribution in [3.63, 3.8) is 0 Å². The van der Waals surface area contributed by atoms with Gasteiger partial charge < -0.3 is 14.8 Å². The van der Waals surface area contributed by atoms with E-state index in [-0.39, 0.29) is 12.6 Å². The minimum atomic E-state index is -0.336. The van der Waals surface area contributed by atoms with Gasteiger partial charge >= 0.3 is 5.97 Å². The molecule has 1 aromatic heterocycles. The number of carbonyl (C=O) groups is 1. The molecule has 1 N–H and O–H groups in total. The lowest BCUT2D eigenvalue weighted by molar-refractivity contribution is 0.0388. The van der Waals surface area contributed by atoms with Crippen LogP contribution in [-0.4, -0.2) is 37.8 Å². The molecule has 0 amide bonds. The fourth-order valence-electron chi connectivity index (χ4n) is 1.58. The van der Waals surface area contributed by atoms with Crippen molar-refractivity contribution in [1.82, 2.24) is 4.98 Å². The van der Waals surface area contributed by atoms with Crippen LogP contribution in [0.15, 0.2) is 18.2 Å². The van der Waals surface area contributed by atoms with Crippen molar-refractivity contribution >= 4 is 32.7 Å². The number of carbonyl (C=O) groups excluding carboxylic acids is 1. The minimum absolute atomic E-state index is 0.263. The molecule has 0 fully saturated rings. The zero-order valence-corrected chi connectivity index (χ0v) is 11.8. The third-order valence-corrected chi connectivity index (χ3v) is 3.45. The van der Waals surface area contributed by atoms with E-state index in [1.807, 2.05) is 19.1 Å². The van der Waals surface area contributed by atoms with Gasteiger partial charge in [0.25, 0.3) is 0 Å². The van der Waals surface area contributed by atoms with Crippen molar-refractivity contribution in [2.75, 3.05) is 32.2 Å². The maximum atomic E-state index is 11.8. The highest BCUT2D eigenvalue weighted by Crippen LogP contribution is 2.26. The number of anilines is 1. The summed E-state index contributed by atoms with van der Waals surface area (Å²) in [5, 5.41) is 4.03. The highest BCUT2D eigenvalue weighted by Gasteiger charge is 2.10. The summed E-state index contributed by atoms with van der Waals surface area (Å²) >= 11 is 1.53. The monoisotopic (exact) mass is 280 g/mol. The topological polar surface area (TPSA) is 60.5 Å². The number of aromatic nitrogens is 1. The summed E-state index contributed by atoms with van der Waals surface area (Å²) < 4.78 is 10.9. The lowest BCUT2D eigenvalue weighted by Gasteiger charge is -2.03. The Hall–Kier alpha value is -1.66. The van der Waals surface area contributed by atoms with Crippen molar-refractivity contribution in [3.8, 4) is 0 Å². The van der Waals surface area contributed by atoms with E-state index in [9.17, 15) is 4.79 Å². The molecule has 0 unspecified atom stereocenters. The normalized spacial score (nSPS) is 10.6. The summed E-state index contributed by atoms with van der Waals surface area (Å²) in [6, 6.07) is 5.37. The Morgan fingerprint density at radius 2 is 2.26 bits per heavy atom. The van der Waals surface area contributed by atoms with Crippen LogP contribution in [0.3, 0.4) is 0 Å². The number of hydrogen-bond donors (Lipinski definition) is 1. The Kier molecular flexibility index (Phi) is 4.70. The van der Waals surface area contributed by atoms with Gasteiger partial charge in [0.15, 0.2) is 5.13 Å². The average Bonchev–Trinajstić information content (AvgIpc) is 2.80. The predicted octanol–water partition coefficient (Wildman–Crippen LogP) is 2.53. The molecular formula is C13H16N2O3S. The van der Waals surface area contributed by atoms with E-state index in [0.29, 0.717) is 12.2 Å². The Balaban J connectivity index is 2.13. The number of hydrogen-bond acceptors (Lipinski definition) is 6. The van der Waals surface area contributed by atoms with E-state index >= 15 is 0 Å². The molecule has 0 aliphatic rings. The fourth-order valence-corrected chi connectivity index (χ4v) is 2.55. The molecule has 0 atom stereocenters. The van der Waals surface area contributed by atoms with Crippen LogP contribution in [-0.2, 0) is 9.47 Å². The zero-order valence-electron chi connectivity index (χ0n) is 10.9. The summed E-state index contributed by atoms with van der Waals surface area (Å²) in [6.07, 6.45) is 0. The van der Waals surface area contributed by atoms with Gasteiger partial charge in [-0.3, -0.25) is 0 Å². The average molecular weight is 280 g/mol. The standard InChI is InChI=1S/C13H16N2O3S/c1-3-14-13-15-10-5-4-9(8-11(10)19-13)12(16)18-7-6-17-2/h4-5,8H,3,6-7H2,1-2H3,(H,14,15). The Bertz CT molecular complexity index is 568. The Morgan fingerprint density at radius 3 is 3.00 bits per heavy atom. The number of nitrogens with one attached hydrogen (secondary N) is 1. The predicted molar refractivity (Wildman–Crippen MR) is 75.9 cm³/mol. The SMILES string of the molecule is CCNc1nc2ccc(C(=O)OCCOC)cc2s1. The second kappa shape index (κ2) is 6.49. The first kappa shape index (κ1) is 13.8. The lowest BCUT2D eigenvalue weighted by atomic mass is 10.2. The van der Waals surface area contributed by atoms with E-state index in [2.05, 4.69) is 10.3 Å². The van der Waals surface area contributed by atoms with Gasteiger partial charge in [-0.1, -0.05) is 11.3 Å². The summed E-state index contributed by atoms with van der Waals surface area (Å²) in [5.74, 6) is -0.336. The van der Waals surface area contributed by atoms with Gasteiger partial charge in [-0.05, 0) is 25.1 Å². The maximum absolute atomic E-state index is 11.8. The molecule has 19 heavy (non-hydrogen) atoms. The largest absolute Gasteiger partial charge is 0.460 e. The molecule has 2 rings (SSSR count).